The van der Waals surface area contributed by atoms with Gasteiger partial charge in [0.05, 0.1) is 17.8 Å². The summed E-state index contributed by atoms with van der Waals surface area (Å²) >= 11 is 0. The summed E-state index contributed by atoms with van der Waals surface area (Å²) in [5.74, 6) is 1.33. The molecule has 0 N–H and O–H groups in total. The lowest BCUT2D eigenvalue weighted by Crippen LogP contribution is -2.35. The van der Waals surface area contributed by atoms with Gasteiger partial charge in [-0.3, -0.25) is 4.90 Å². The molecule has 0 radical (unpaired) electrons. The van der Waals surface area contributed by atoms with Crippen LogP contribution in [0.1, 0.15) is 55.4 Å². The highest BCUT2D eigenvalue weighted by atomic mass is 16.5. The normalized spacial score (nSPS) is 24.1. The van der Waals surface area contributed by atoms with Gasteiger partial charge in [-0.15, -0.1) is 0 Å². The lowest BCUT2D eigenvalue weighted by molar-refractivity contribution is 0.128. The Bertz CT molecular complexity index is 929. The van der Waals surface area contributed by atoms with Gasteiger partial charge in [-0.25, -0.2) is 9.50 Å². The van der Waals surface area contributed by atoms with Crippen molar-refractivity contribution in [2.24, 2.45) is 0 Å². The van der Waals surface area contributed by atoms with Gasteiger partial charge in [0, 0.05) is 17.4 Å². The molecular formula is C18H22N6O. The molecule has 5 rings (SSSR count). The van der Waals surface area contributed by atoms with E-state index in [9.17, 15) is 0 Å². The molecule has 3 aromatic rings. The first kappa shape index (κ1) is 15.0. The van der Waals surface area contributed by atoms with E-state index in [0.29, 0.717) is 11.9 Å². The average Bonchev–Trinajstić information content (AvgIpc) is 3.31. The number of hydrogen-bond acceptors (Lipinski definition) is 6. The monoisotopic (exact) mass is 338 g/mol. The predicted octanol–water partition coefficient (Wildman–Crippen LogP) is 3.09. The number of aryl methyl sites for hydroxylation is 2. The summed E-state index contributed by atoms with van der Waals surface area (Å²) in [5, 5.41) is 8.67. The Kier molecular flexibility index (Phi) is 3.38. The van der Waals surface area contributed by atoms with E-state index in [2.05, 4.69) is 20.1 Å². The van der Waals surface area contributed by atoms with Gasteiger partial charge >= 0.3 is 0 Å². The Morgan fingerprint density at radius 2 is 2.04 bits per heavy atom. The molecule has 7 heteroatoms. The van der Waals surface area contributed by atoms with Crippen molar-refractivity contribution in [3.63, 3.8) is 0 Å². The van der Waals surface area contributed by atoms with Gasteiger partial charge in [0.2, 0.25) is 11.7 Å². The second-order valence-electron chi connectivity index (χ2n) is 7.27. The maximum atomic E-state index is 5.66. The van der Waals surface area contributed by atoms with Gasteiger partial charge in [0.15, 0.2) is 5.65 Å². The molecule has 0 bridgehead atoms. The highest BCUT2D eigenvalue weighted by molar-refractivity contribution is 5.72. The molecule has 0 spiro atoms. The smallest absolute Gasteiger partial charge is 0.244 e. The Hall–Kier alpha value is -2.28. The van der Waals surface area contributed by atoms with E-state index in [1.165, 1.54) is 25.7 Å². The third kappa shape index (κ3) is 2.37. The van der Waals surface area contributed by atoms with Gasteiger partial charge in [-0.05, 0) is 52.1 Å². The minimum Gasteiger partial charge on any atom is -0.337 e. The standard InChI is InChI=1S/C18H22N6O/c1-11-9-12(2)24-17(20-11)14(10-19-24)16-21-18(25-22-16)15-7-6-13-5-3-4-8-23(13)15/h9-10,13,15H,3-8H2,1-2H3. The summed E-state index contributed by atoms with van der Waals surface area (Å²) < 4.78 is 7.49. The van der Waals surface area contributed by atoms with Crippen molar-refractivity contribution in [1.29, 1.82) is 0 Å². The third-order valence-electron chi connectivity index (χ3n) is 5.59. The number of piperidine rings is 1. The number of nitrogens with zero attached hydrogens (tertiary/aromatic N) is 6. The SMILES string of the molecule is Cc1cc(C)n2ncc(-c3noc(C4CCC5CCCCN54)n3)c2n1. The van der Waals surface area contributed by atoms with Gasteiger partial charge in [0.25, 0.3) is 0 Å². The van der Waals surface area contributed by atoms with E-state index in [1.807, 2.05) is 24.4 Å². The van der Waals surface area contributed by atoms with Crippen molar-refractivity contribution in [2.75, 3.05) is 6.54 Å². The van der Waals surface area contributed by atoms with Crippen LogP contribution >= 0.6 is 0 Å². The summed E-state index contributed by atoms with van der Waals surface area (Å²) in [7, 11) is 0. The fraction of sp³-hybridized carbons (Fsp3) is 0.556. The van der Waals surface area contributed by atoms with Crippen molar-refractivity contribution in [1.82, 2.24) is 29.6 Å². The molecule has 25 heavy (non-hydrogen) atoms. The quantitative estimate of drug-likeness (QED) is 0.715. The zero-order chi connectivity index (χ0) is 17.0. The molecule has 0 saturated carbocycles. The summed E-state index contributed by atoms with van der Waals surface area (Å²) in [5.41, 5.74) is 3.62. The number of fused-ring (bicyclic) bond motifs is 2. The number of rotatable bonds is 2. The lowest BCUT2D eigenvalue weighted by atomic mass is 10.0. The van der Waals surface area contributed by atoms with Crippen LogP contribution in [-0.2, 0) is 0 Å². The van der Waals surface area contributed by atoms with Gasteiger partial charge in [-0.2, -0.15) is 10.1 Å². The van der Waals surface area contributed by atoms with Crippen LogP contribution in [0.25, 0.3) is 17.0 Å². The molecule has 7 nitrogen and oxygen atoms in total. The van der Waals surface area contributed by atoms with Crippen molar-refractivity contribution in [2.45, 2.75) is 58.0 Å². The van der Waals surface area contributed by atoms with Crippen molar-refractivity contribution >= 4 is 5.65 Å². The van der Waals surface area contributed by atoms with Crippen molar-refractivity contribution in [3.8, 4) is 11.4 Å². The number of hydrogen-bond donors (Lipinski definition) is 0. The molecule has 2 aliphatic rings. The molecule has 2 atom stereocenters. The Morgan fingerprint density at radius 3 is 2.96 bits per heavy atom. The van der Waals surface area contributed by atoms with Crippen LogP contribution < -0.4 is 0 Å². The maximum Gasteiger partial charge on any atom is 0.244 e. The molecule has 2 fully saturated rings. The molecule has 2 saturated heterocycles. The maximum absolute atomic E-state index is 5.66. The fourth-order valence-electron chi connectivity index (χ4n) is 4.43. The first-order valence-electron chi connectivity index (χ1n) is 9.12. The first-order chi connectivity index (χ1) is 12.2. The van der Waals surface area contributed by atoms with Gasteiger partial charge < -0.3 is 4.52 Å². The predicted molar refractivity (Wildman–Crippen MR) is 92.1 cm³/mol. The molecular weight excluding hydrogens is 316 g/mol. The highest BCUT2D eigenvalue weighted by Gasteiger charge is 2.38. The van der Waals surface area contributed by atoms with E-state index in [4.69, 9.17) is 9.51 Å². The zero-order valence-electron chi connectivity index (χ0n) is 14.6. The zero-order valence-corrected chi connectivity index (χ0v) is 14.6. The van der Waals surface area contributed by atoms with Crippen LogP contribution in [0.4, 0.5) is 0 Å². The van der Waals surface area contributed by atoms with Crippen molar-refractivity contribution in [3.05, 3.63) is 29.5 Å². The van der Waals surface area contributed by atoms with Crippen LogP contribution in [-0.4, -0.2) is 42.2 Å². The average molecular weight is 338 g/mol. The van der Waals surface area contributed by atoms with Crippen LogP contribution in [0, 0.1) is 13.8 Å². The third-order valence-corrected chi connectivity index (χ3v) is 5.59. The van der Waals surface area contributed by atoms with Crippen LogP contribution in [0.15, 0.2) is 16.8 Å². The van der Waals surface area contributed by atoms with Crippen LogP contribution in [0.2, 0.25) is 0 Å². The molecule has 0 amide bonds. The second kappa shape index (κ2) is 5.62. The minimum atomic E-state index is 0.268. The molecule has 2 aliphatic heterocycles. The van der Waals surface area contributed by atoms with E-state index >= 15 is 0 Å². The van der Waals surface area contributed by atoms with Crippen LogP contribution in [0.3, 0.4) is 0 Å². The van der Waals surface area contributed by atoms with E-state index in [-0.39, 0.29) is 6.04 Å². The van der Waals surface area contributed by atoms with Crippen molar-refractivity contribution < 1.29 is 4.52 Å². The molecule has 130 valence electrons. The molecule has 3 aromatic heterocycles. The summed E-state index contributed by atoms with van der Waals surface area (Å²) in [4.78, 5) is 11.9. The largest absolute Gasteiger partial charge is 0.337 e. The summed E-state index contributed by atoms with van der Waals surface area (Å²) in [6.07, 6.45) is 8.03. The Labute approximate surface area is 146 Å². The fourth-order valence-corrected chi connectivity index (χ4v) is 4.43. The molecule has 0 aliphatic carbocycles. The van der Waals surface area contributed by atoms with E-state index in [1.54, 1.807) is 6.20 Å². The lowest BCUT2D eigenvalue weighted by Gasteiger charge is -2.32. The topological polar surface area (TPSA) is 72.3 Å². The first-order valence-corrected chi connectivity index (χ1v) is 9.12. The molecule has 5 heterocycles. The molecule has 2 unspecified atom stereocenters. The van der Waals surface area contributed by atoms with E-state index in [0.717, 1.165) is 41.5 Å². The summed E-state index contributed by atoms with van der Waals surface area (Å²) in [6.45, 7) is 5.15. The molecule has 0 aromatic carbocycles. The van der Waals surface area contributed by atoms with Gasteiger partial charge in [0.1, 0.15) is 0 Å². The Morgan fingerprint density at radius 1 is 1.12 bits per heavy atom. The van der Waals surface area contributed by atoms with E-state index < -0.39 is 0 Å². The van der Waals surface area contributed by atoms with Gasteiger partial charge in [-0.1, -0.05) is 11.6 Å². The highest BCUT2D eigenvalue weighted by Crippen LogP contribution is 2.40. The number of aromatic nitrogens is 5. The Balaban J connectivity index is 1.51. The second-order valence-corrected chi connectivity index (χ2v) is 7.27. The van der Waals surface area contributed by atoms with Crippen LogP contribution in [0.5, 0.6) is 0 Å². The minimum absolute atomic E-state index is 0.268. The summed E-state index contributed by atoms with van der Waals surface area (Å²) in [6, 6.07) is 2.98.